The molecule has 1 aliphatic rings. The average molecular weight is 275 g/mol. The third-order valence-corrected chi connectivity index (χ3v) is 4.30. The lowest BCUT2D eigenvalue weighted by Gasteiger charge is -2.39. The molecule has 110 valence electrons. The summed E-state index contributed by atoms with van der Waals surface area (Å²) in [5.74, 6) is 0.737. The fourth-order valence-corrected chi connectivity index (χ4v) is 3.05. The van der Waals surface area contributed by atoms with E-state index in [4.69, 9.17) is 15.9 Å². The van der Waals surface area contributed by atoms with E-state index in [2.05, 4.69) is 18.7 Å². The molecule has 2 rings (SSSR count). The first-order valence-electron chi connectivity index (χ1n) is 7.30. The Balaban J connectivity index is 2.19. The molecule has 1 fully saturated rings. The highest BCUT2D eigenvalue weighted by Gasteiger charge is 2.24. The summed E-state index contributed by atoms with van der Waals surface area (Å²) in [5, 5.41) is 7.55. The first-order chi connectivity index (χ1) is 9.52. The van der Waals surface area contributed by atoms with Gasteiger partial charge in [-0.25, -0.2) is 0 Å². The molecule has 4 nitrogen and oxygen atoms in total. The van der Waals surface area contributed by atoms with E-state index < -0.39 is 0 Å². The molecule has 0 saturated carbocycles. The van der Waals surface area contributed by atoms with Gasteiger partial charge >= 0.3 is 0 Å². The lowest BCUT2D eigenvalue weighted by atomic mass is 9.96. The van der Waals surface area contributed by atoms with Gasteiger partial charge in [-0.2, -0.15) is 0 Å². The van der Waals surface area contributed by atoms with Gasteiger partial charge in [0.2, 0.25) is 0 Å². The van der Waals surface area contributed by atoms with Crippen LogP contribution in [0.25, 0.3) is 0 Å². The van der Waals surface area contributed by atoms with Crippen molar-refractivity contribution in [3.63, 3.8) is 0 Å². The molecule has 2 atom stereocenters. The van der Waals surface area contributed by atoms with Crippen LogP contribution in [0.1, 0.15) is 44.2 Å². The largest absolute Gasteiger partial charge is 0.496 e. The molecule has 1 aromatic rings. The molecule has 0 aliphatic carbocycles. The van der Waals surface area contributed by atoms with Crippen molar-refractivity contribution in [2.45, 2.75) is 51.7 Å². The zero-order chi connectivity index (χ0) is 14.7. The molecule has 0 bridgehead atoms. The summed E-state index contributed by atoms with van der Waals surface area (Å²) in [6, 6.07) is 7.18. The number of rotatable bonds is 4. The highest BCUT2D eigenvalue weighted by atomic mass is 16.5. The minimum absolute atomic E-state index is 0.0492. The Kier molecular flexibility index (Phi) is 4.65. The van der Waals surface area contributed by atoms with E-state index in [1.54, 1.807) is 7.11 Å². The highest BCUT2D eigenvalue weighted by molar-refractivity contribution is 5.97. The molecular weight excluding hydrogens is 250 g/mol. The zero-order valence-corrected chi connectivity index (χ0v) is 12.6. The summed E-state index contributed by atoms with van der Waals surface area (Å²) in [4.78, 5) is 2.55. The van der Waals surface area contributed by atoms with Crippen molar-refractivity contribution >= 4 is 5.84 Å². The zero-order valence-electron chi connectivity index (χ0n) is 12.6. The Bertz CT molecular complexity index is 477. The maximum Gasteiger partial charge on any atom is 0.130 e. The van der Waals surface area contributed by atoms with Gasteiger partial charge in [0.15, 0.2) is 0 Å². The molecule has 3 N–H and O–H groups in total. The van der Waals surface area contributed by atoms with Crippen LogP contribution in [0.2, 0.25) is 0 Å². The lowest BCUT2D eigenvalue weighted by molar-refractivity contribution is 0.0952. The quantitative estimate of drug-likeness (QED) is 0.656. The van der Waals surface area contributed by atoms with Crippen molar-refractivity contribution in [2.24, 2.45) is 5.73 Å². The number of nitrogens with zero attached hydrogens (tertiary/aromatic N) is 1. The van der Waals surface area contributed by atoms with Gasteiger partial charge < -0.3 is 10.5 Å². The first kappa shape index (κ1) is 14.9. The standard InChI is InChI=1S/C16H25N3O/c1-11-5-4-6-12(2)19(11)10-13-7-8-14(16(17)18)15(9-13)20-3/h7-9,11-12H,4-6,10H2,1-3H3,(H3,17,18)/t11-,12+. The fourth-order valence-electron chi connectivity index (χ4n) is 3.05. The molecule has 20 heavy (non-hydrogen) atoms. The van der Waals surface area contributed by atoms with Gasteiger partial charge in [0.1, 0.15) is 11.6 Å². The number of nitrogen functional groups attached to an aromatic ring is 1. The van der Waals surface area contributed by atoms with Crippen LogP contribution in [0.3, 0.4) is 0 Å². The fraction of sp³-hybridized carbons (Fsp3) is 0.562. The van der Waals surface area contributed by atoms with Crippen LogP contribution in [0.4, 0.5) is 0 Å². The molecule has 0 unspecified atom stereocenters. The van der Waals surface area contributed by atoms with E-state index in [0.29, 0.717) is 23.4 Å². The average Bonchev–Trinajstić information content (AvgIpc) is 2.42. The van der Waals surface area contributed by atoms with Crippen LogP contribution in [-0.2, 0) is 6.54 Å². The topological polar surface area (TPSA) is 62.3 Å². The number of nitrogens with one attached hydrogen (secondary N) is 1. The van der Waals surface area contributed by atoms with Crippen LogP contribution >= 0.6 is 0 Å². The third kappa shape index (κ3) is 3.12. The number of hydrogen-bond acceptors (Lipinski definition) is 3. The monoisotopic (exact) mass is 275 g/mol. The smallest absolute Gasteiger partial charge is 0.130 e. The van der Waals surface area contributed by atoms with Crippen LogP contribution in [0.5, 0.6) is 5.75 Å². The van der Waals surface area contributed by atoms with E-state index in [9.17, 15) is 0 Å². The summed E-state index contributed by atoms with van der Waals surface area (Å²) in [6.45, 7) is 5.53. The van der Waals surface area contributed by atoms with E-state index >= 15 is 0 Å². The van der Waals surface area contributed by atoms with Crippen molar-refractivity contribution in [1.82, 2.24) is 4.90 Å². The Morgan fingerprint density at radius 3 is 2.55 bits per heavy atom. The molecule has 1 aliphatic heterocycles. The molecular formula is C16H25N3O. The minimum atomic E-state index is 0.0492. The van der Waals surface area contributed by atoms with Gasteiger partial charge in [0.25, 0.3) is 0 Å². The van der Waals surface area contributed by atoms with Crippen molar-refractivity contribution in [3.05, 3.63) is 29.3 Å². The van der Waals surface area contributed by atoms with Crippen molar-refractivity contribution < 1.29 is 4.74 Å². The van der Waals surface area contributed by atoms with Gasteiger partial charge in [0.05, 0.1) is 12.7 Å². The molecule has 0 amide bonds. The summed E-state index contributed by atoms with van der Waals surface area (Å²) in [7, 11) is 1.62. The number of hydrogen-bond donors (Lipinski definition) is 2. The Hall–Kier alpha value is -1.55. The summed E-state index contributed by atoms with van der Waals surface area (Å²) in [5.41, 5.74) is 7.44. The van der Waals surface area contributed by atoms with E-state index in [1.807, 2.05) is 18.2 Å². The van der Waals surface area contributed by atoms with Gasteiger partial charge in [-0.05, 0) is 44.4 Å². The Morgan fingerprint density at radius 2 is 2.00 bits per heavy atom. The van der Waals surface area contributed by atoms with Crippen LogP contribution < -0.4 is 10.5 Å². The number of nitrogens with two attached hydrogens (primary N) is 1. The molecule has 1 saturated heterocycles. The maximum absolute atomic E-state index is 7.55. The van der Waals surface area contributed by atoms with E-state index in [0.717, 1.165) is 6.54 Å². The molecule has 4 heteroatoms. The number of piperidine rings is 1. The molecule has 1 heterocycles. The van der Waals surface area contributed by atoms with Crippen molar-refractivity contribution in [1.29, 1.82) is 5.41 Å². The van der Waals surface area contributed by atoms with Gasteiger partial charge in [-0.15, -0.1) is 0 Å². The predicted octanol–water partition coefficient (Wildman–Crippen LogP) is 2.74. The summed E-state index contributed by atoms with van der Waals surface area (Å²) in [6.07, 6.45) is 3.87. The number of ether oxygens (including phenoxy) is 1. The van der Waals surface area contributed by atoms with Gasteiger partial charge in [-0.1, -0.05) is 12.5 Å². The SMILES string of the molecule is COc1cc(CN2[C@H](C)CCC[C@@H]2C)ccc1C(=N)N. The maximum atomic E-state index is 7.55. The van der Waals surface area contributed by atoms with Crippen molar-refractivity contribution in [3.8, 4) is 5.75 Å². The summed E-state index contributed by atoms with van der Waals surface area (Å²) < 4.78 is 5.35. The normalized spacial score (nSPS) is 23.6. The Morgan fingerprint density at radius 1 is 1.35 bits per heavy atom. The summed E-state index contributed by atoms with van der Waals surface area (Å²) >= 11 is 0. The molecule has 1 aromatic carbocycles. The number of likely N-dealkylation sites (tertiary alicyclic amines) is 1. The van der Waals surface area contributed by atoms with Crippen LogP contribution in [-0.4, -0.2) is 29.9 Å². The first-order valence-corrected chi connectivity index (χ1v) is 7.30. The van der Waals surface area contributed by atoms with Crippen LogP contribution in [0, 0.1) is 5.41 Å². The van der Waals surface area contributed by atoms with Gasteiger partial charge in [-0.3, -0.25) is 10.3 Å². The van der Waals surface area contributed by atoms with Crippen molar-refractivity contribution in [2.75, 3.05) is 7.11 Å². The number of methoxy groups -OCH3 is 1. The third-order valence-electron chi connectivity index (χ3n) is 4.30. The second kappa shape index (κ2) is 6.27. The highest BCUT2D eigenvalue weighted by Crippen LogP contribution is 2.26. The second-order valence-corrected chi connectivity index (χ2v) is 5.75. The van der Waals surface area contributed by atoms with E-state index in [1.165, 1.54) is 24.8 Å². The predicted molar refractivity (Wildman–Crippen MR) is 82.3 cm³/mol. The van der Waals surface area contributed by atoms with E-state index in [-0.39, 0.29) is 5.84 Å². The second-order valence-electron chi connectivity index (χ2n) is 5.75. The van der Waals surface area contributed by atoms with Gasteiger partial charge in [0, 0.05) is 18.6 Å². The number of benzene rings is 1. The molecule has 0 radical (unpaired) electrons. The molecule has 0 aromatic heterocycles. The van der Waals surface area contributed by atoms with Crippen LogP contribution in [0.15, 0.2) is 18.2 Å². The Labute approximate surface area is 121 Å². The molecule has 0 spiro atoms. The number of amidine groups is 1. The minimum Gasteiger partial charge on any atom is -0.496 e. The lowest BCUT2D eigenvalue weighted by Crippen LogP contribution is -2.42.